The van der Waals surface area contributed by atoms with Crippen LogP contribution in [0.3, 0.4) is 0 Å². The maximum atomic E-state index is 6.26. The van der Waals surface area contributed by atoms with E-state index in [9.17, 15) is 0 Å². The van der Waals surface area contributed by atoms with Crippen LogP contribution < -0.4 is 0 Å². The van der Waals surface area contributed by atoms with E-state index in [2.05, 4.69) is 6.92 Å². The summed E-state index contributed by atoms with van der Waals surface area (Å²) in [6, 6.07) is 9.86. The molecule has 0 unspecified atom stereocenters. The predicted molar refractivity (Wildman–Crippen MR) is 64.0 cm³/mol. The Balaban J connectivity index is 2.56. The van der Waals surface area contributed by atoms with Crippen molar-refractivity contribution in [2.24, 2.45) is 0 Å². The number of halogens is 2. The minimum Gasteiger partial charge on any atom is -0.0963 e. The van der Waals surface area contributed by atoms with Gasteiger partial charge in [-0.3, -0.25) is 0 Å². The van der Waals surface area contributed by atoms with Crippen molar-refractivity contribution < 1.29 is 0 Å². The van der Waals surface area contributed by atoms with Crippen LogP contribution in [0.25, 0.3) is 0 Å². The minimum absolute atomic E-state index is 0.712. The number of alkyl halides is 2. The third-order valence-electron chi connectivity index (χ3n) is 2.29. The number of rotatable bonds is 5. The SMILES string of the molecule is CCCCCC(Cl)(Cl)c1ccccc1. The van der Waals surface area contributed by atoms with Crippen molar-refractivity contribution >= 4 is 23.2 Å². The molecular weight excluding hydrogens is 215 g/mol. The molecule has 0 aliphatic rings. The zero-order valence-corrected chi connectivity index (χ0v) is 9.98. The van der Waals surface area contributed by atoms with Crippen molar-refractivity contribution in [3.63, 3.8) is 0 Å². The maximum Gasteiger partial charge on any atom is 0.143 e. The van der Waals surface area contributed by atoms with Gasteiger partial charge < -0.3 is 0 Å². The summed E-state index contributed by atoms with van der Waals surface area (Å²) in [4.78, 5) is 0. The summed E-state index contributed by atoms with van der Waals surface area (Å²) in [5.41, 5.74) is 0.999. The van der Waals surface area contributed by atoms with Gasteiger partial charge in [0.05, 0.1) is 0 Å². The average molecular weight is 231 g/mol. The molecule has 78 valence electrons. The van der Waals surface area contributed by atoms with Crippen LogP contribution in [-0.2, 0) is 4.33 Å². The molecule has 0 heterocycles. The first-order valence-electron chi connectivity index (χ1n) is 5.10. The molecule has 0 fully saturated rings. The lowest BCUT2D eigenvalue weighted by molar-refractivity contribution is 0.625. The van der Waals surface area contributed by atoms with E-state index in [0.717, 1.165) is 18.4 Å². The van der Waals surface area contributed by atoms with Gasteiger partial charge in [0, 0.05) is 0 Å². The standard InChI is InChI=1S/C12H16Cl2/c1-2-3-7-10-12(13,14)11-8-5-4-6-9-11/h4-6,8-9H,2-3,7,10H2,1H3. The van der Waals surface area contributed by atoms with Crippen LogP contribution >= 0.6 is 23.2 Å². The summed E-state index contributed by atoms with van der Waals surface area (Å²) < 4.78 is -0.712. The molecule has 0 N–H and O–H groups in total. The summed E-state index contributed by atoms with van der Waals surface area (Å²) in [6.45, 7) is 2.17. The molecule has 0 saturated carbocycles. The van der Waals surface area contributed by atoms with E-state index in [1.165, 1.54) is 12.8 Å². The molecule has 0 nitrogen and oxygen atoms in total. The summed E-state index contributed by atoms with van der Waals surface area (Å²) in [7, 11) is 0. The zero-order valence-electron chi connectivity index (χ0n) is 8.47. The number of unbranched alkanes of at least 4 members (excludes halogenated alkanes) is 2. The van der Waals surface area contributed by atoms with Gasteiger partial charge in [-0.05, 0) is 12.0 Å². The van der Waals surface area contributed by atoms with E-state index in [0.29, 0.717) is 0 Å². The van der Waals surface area contributed by atoms with Crippen molar-refractivity contribution in [1.29, 1.82) is 0 Å². The summed E-state index contributed by atoms with van der Waals surface area (Å²) in [6.07, 6.45) is 4.29. The van der Waals surface area contributed by atoms with Gasteiger partial charge in [-0.15, -0.1) is 0 Å². The Hall–Kier alpha value is -0.200. The minimum atomic E-state index is -0.712. The first kappa shape index (κ1) is 11.9. The van der Waals surface area contributed by atoms with Gasteiger partial charge in [0.25, 0.3) is 0 Å². The maximum absolute atomic E-state index is 6.26. The second-order valence-corrected chi connectivity index (χ2v) is 5.01. The normalized spacial score (nSPS) is 11.6. The van der Waals surface area contributed by atoms with Gasteiger partial charge in [0.1, 0.15) is 4.33 Å². The van der Waals surface area contributed by atoms with Crippen LogP contribution in [0.5, 0.6) is 0 Å². The second-order valence-electron chi connectivity index (χ2n) is 3.53. The molecule has 2 heteroatoms. The lowest BCUT2D eigenvalue weighted by Crippen LogP contribution is -2.09. The fourth-order valence-corrected chi connectivity index (χ4v) is 1.94. The number of hydrogen-bond acceptors (Lipinski definition) is 0. The molecule has 0 aliphatic carbocycles. The van der Waals surface area contributed by atoms with Crippen molar-refractivity contribution in [3.8, 4) is 0 Å². The Labute approximate surface area is 96.2 Å². The van der Waals surface area contributed by atoms with Crippen LogP contribution in [0.2, 0.25) is 0 Å². The lowest BCUT2D eigenvalue weighted by Gasteiger charge is -2.19. The predicted octanol–water partition coefficient (Wildman–Crippen LogP) is 4.90. The molecule has 1 aromatic carbocycles. The van der Waals surface area contributed by atoms with Crippen LogP contribution in [0.15, 0.2) is 30.3 Å². The number of hydrogen-bond donors (Lipinski definition) is 0. The fraction of sp³-hybridized carbons (Fsp3) is 0.500. The van der Waals surface area contributed by atoms with Crippen LogP contribution in [-0.4, -0.2) is 0 Å². The van der Waals surface area contributed by atoms with Crippen LogP contribution in [0, 0.1) is 0 Å². The van der Waals surface area contributed by atoms with E-state index in [-0.39, 0.29) is 0 Å². The highest BCUT2D eigenvalue weighted by Gasteiger charge is 2.25. The molecule has 0 aromatic heterocycles. The second kappa shape index (κ2) is 5.63. The van der Waals surface area contributed by atoms with Crippen LogP contribution in [0.4, 0.5) is 0 Å². The Bertz CT molecular complexity index is 254. The molecule has 0 amide bonds. The van der Waals surface area contributed by atoms with Gasteiger partial charge in [-0.1, -0.05) is 79.7 Å². The first-order valence-corrected chi connectivity index (χ1v) is 5.86. The van der Waals surface area contributed by atoms with E-state index >= 15 is 0 Å². The quantitative estimate of drug-likeness (QED) is 0.499. The molecule has 1 aromatic rings. The molecule has 0 atom stereocenters. The topological polar surface area (TPSA) is 0 Å². The van der Waals surface area contributed by atoms with Crippen molar-refractivity contribution in [3.05, 3.63) is 35.9 Å². The monoisotopic (exact) mass is 230 g/mol. The van der Waals surface area contributed by atoms with Crippen molar-refractivity contribution in [2.45, 2.75) is 36.9 Å². The highest BCUT2D eigenvalue weighted by atomic mass is 35.5. The highest BCUT2D eigenvalue weighted by Crippen LogP contribution is 2.38. The molecule has 1 rings (SSSR count). The average Bonchev–Trinajstić information content (AvgIpc) is 2.19. The lowest BCUT2D eigenvalue weighted by atomic mass is 10.1. The van der Waals surface area contributed by atoms with Gasteiger partial charge in [-0.2, -0.15) is 0 Å². The Morgan fingerprint density at radius 2 is 1.71 bits per heavy atom. The Morgan fingerprint density at radius 1 is 1.07 bits per heavy atom. The molecule has 14 heavy (non-hydrogen) atoms. The van der Waals surface area contributed by atoms with Gasteiger partial charge in [0.15, 0.2) is 0 Å². The summed E-state index contributed by atoms with van der Waals surface area (Å²) in [5.74, 6) is 0. The van der Waals surface area contributed by atoms with E-state index in [1.54, 1.807) is 0 Å². The zero-order chi connectivity index (χ0) is 10.4. The van der Waals surface area contributed by atoms with E-state index in [1.807, 2.05) is 30.3 Å². The Morgan fingerprint density at radius 3 is 2.29 bits per heavy atom. The molecule has 0 radical (unpaired) electrons. The highest BCUT2D eigenvalue weighted by molar-refractivity contribution is 6.47. The van der Waals surface area contributed by atoms with Gasteiger partial charge in [-0.25, -0.2) is 0 Å². The summed E-state index contributed by atoms with van der Waals surface area (Å²) in [5, 5.41) is 0. The van der Waals surface area contributed by atoms with E-state index < -0.39 is 4.33 Å². The van der Waals surface area contributed by atoms with Crippen molar-refractivity contribution in [1.82, 2.24) is 0 Å². The van der Waals surface area contributed by atoms with Crippen LogP contribution in [0.1, 0.15) is 38.2 Å². The van der Waals surface area contributed by atoms with Gasteiger partial charge in [0.2, 0.25) is 0 Å². The molecule has 0 aliphatic heterocycles. The molecular formula is C12H16Cl2. The van der Waals surface area contributed by atoms with Gasteiger partial charge >= 0.3 is 0 Å². The fourth-order valence-electron chi connectivity index (χ4n) is 1.42. The largest absolute Gasteiger partial charge is 0.143 e. The van der Waals surface area contributed by atoms with Crippen molar-refractivity contribution in [2.75, 3.05) is 0 Å². The van der Waals surface area contributed by atoms with E-state index in [4.69, 9.17) is 23.2 Å². The third-order valence-corrected chi connectivity index (χ3v) is 3.10. The third kappa shape index (κ3) is 3.51. The first-order chi connectivity index (χ1) is 6.67. The molecule has 0 saturated heterocycles. The molecule has 0 spiro atoms. The Kier molecular flexibility index (Phi) is 4.77. The molecule has 0 bridgehead atoms. The number of benzene rings is 1. The smallest absolute Gasteiger partial charge is 0.0963 e. The summed E-state index contributed by atoms with van der Waals surface area (Å²) >= 11 is 12.5.